The van der Waals surface area contributed by atoms with Gasteiger partial charge < -0.3 is 13.7 Å². The minimum absolute atomic E-state index is 0.193. The first-order valence-corrected chi connectivity index (χ1v) is 12.1. The third-order valence-corrected chi connectivity index (χ3v) is 5.83. The molecule has 2 aromatic carbocycles. The molecule has 2 rings (SSSR count). The van der Waals surface area contributed by atoms with E-state index in [0.717, 1.165) is 48.5 Å². The Hall–Kier alpha value is -1.54. The fraction of sp³-hybridized carbons (Fsp3) is 0.250. The number of rotatable bonds is 12. The average Bonchev–Trinajstić information content (AvgIpc) is 2.72. The summed E-state index contributed by atoms with van der Waals surface area (Å²) in [5.41, 5.74) is 0. The van der Waals surface area contributed by atoms with Gasteiger partial charge in [-0.25, -0.2) is 4.21 Å². The van der Waals surface area contributed by atoms with Crippen molar-refractivity contribution in [2.45, 2.75) is 26.8 Å². The van der Waals surface area contributed by atoms with E-state index < -0.39 is 55.7 Å². The third-order valence-electron chi connectivity index (χ3n) is 3.34. The summed E-state index contributed by atoms with van der Waals surface area (Å²) >= 11 is -1.95. The van der Waals surface area contributed by atoms with Crippen LogP contribution in [0.1, 0.15) is 0 Å². The number of hydrogen-bond donors (Lipinski definition) is 1. The lowest BCUT2D eigenvalue weighted by atomic mass is 10.3. The molecule has 0 aliphatic rings. The zero-order valence-electron chi connectivity index (χ0n) is 16.2. The molecule has 2 aromatic rings. The first-order chi connectivity index (χ1) is 15.9. The van der Waals surface area contributed by atoms with Crippen LogP contribution in [0.5, 0.6) is 17.2 Å². The molecule has 0 aliphatic heterocycles. The molecule has 19 heteroatoms. The van der Waals surface area contributed by atoms with E-state index in [2.05, 4.69) is 13.8 Å². The van der Waals surface area contributed by atoms with Gasteiger partial charge in [0.2, 0.25) is 11.1 Å². The Morgan fingerprint density at radius 2 is 1.03 bits per heavy atom. The molecule has 7 nitrogen and oxygen atoms in total. The molecule has 2 atom stereocenters. The predicted octanol–water partition coefficient (Wildman–Crippen LogP) is 5.81. The van der Waals surface area contributed by atoms with Gasteiger partial charge in [-0.1, -0.05) is 4.89 Å². The Balaban J connectivity index is 1.87. The van der Waals surface area contributed by atoms with Crippen LogP contribution in [0.3, 0.4) is 0 Å². The van der Waals surface area contributed by atoms with Gasteiger partial charge in [0.05, 0.1) is 4.90 Å². The van der Waals surface area contributed by atoms with E-state index in [1.807, 2.05) is 0 Å². The lowest BCUT2D eigenvalue weighted by Crippen LogP contribution is -2.40. The van der Waals surface area contributed by atoms with Gasteiger partial charge in [0.15, 0.2) is 0 Å². The van der Waals surface area contributed by atoms with Crippen molar-refractivity contribution in [3.8, 4) is 17.2 Å². The quantitative estimate of drug-likeness (QED) is 0.173. The van der Waals surface area contributed by atoms with Gasteiger partial charge in [0, 0.05) is 31.9 Å². The number of benzene rings is 2. The molecule has 0 spiro atoms. The smallest absolute Gasteiger partial charge is 0.427 e. The van der Waals surface area contributed by atoms with E-state index in [4.69, 9.17) is 4.18 Å². The van der Waals surface area contributed by atoms with Gasteiger partial charge in [-0.15, -0.1) is 0 Å². The number of ether oxygens (including phenoxy) is 2. The van der Waals surface area contributed by atoms with Gasteiger partial charge >= 0.3 is 33.1 Å². The van der Waals surface area contributed by atoms with Gasteiger partial charge in [0.1, 0.15) is 17.2 Å². The predicted molar refractivity (Wildman–Crippen MR) is 111 cm³/mol. The lowest BCUT2D eigenvalue weighted by Gasteiger charge is -2.21. The molecule has 1 N–H and O–H groups in total. The summed E-state index contributed by atoms with van der Waals surface area (Å²) in [6.45, 7) is 0. The van der Waals surface area contributed by atoms with Crippen LogP contribution in [0, 0.1) is 0 Å². The molecule has 0 aliphatic carbocycles. The molecule has 0 bridgehead atoms. The molecule has 0 aromatic heterocycles. The summed E-state index contributed by atoms with van der Waals surface area (Å²) in [6, 6.07) is 6.88. The highest BCUT2D eigenvalue weighted by Crippen LogP contribution is 2.41. The highest BCUT2D eigenvalue weighted by Gasteiger charge is 2.58. The lowest BCUT2D eigenvalue weighted by molar-refractivity contribution is -0.266. The zero-order chi connectivity index (χ0) is 26.7. The minimum Gasteiger partial charge on any atom is -0.427 e. The normalized spacial score (nSPS) is 14.8. The third kappa shape index (κ3) is 8.52. The van der Waals surface area contributed by atoms with Crippen LogP contribution in [0.2, 0.25) is 0 Å². The van der Waals surface area contributed by atoms with Crippen LogP contribution >= 0.6 is 31.9 Å². The Bertz CT molecular complexity index is 1050. The van der Waals surface area contributed by atoms with Crippen molar-refractivity contribution in [2.24, 2.45) is 0 Å². The van der Waals surface area contributed by atoms with Gasteiger partial charge in [-0.05, 0) is 48.5 Å². The topological polar surface area (TPSA) is 83.1 Å². The van der Waals surface area contributed by atoms with E-state index in [9.17, 15) is 43.5 Å². The fourth-order valence-corrected chi connectivity index (χ4v) is 3.21. The summed E-state index contributed by atoms with van der Waals surface area (Å²) < 4.78 is 144. The molecule has 35 heavy (non-hydrogen) atoms. The van der Waals surface area contributed by atoms with Crippen LogP contribution in [0.4, 0.5) is 35.1 Å². The maximum Gasteiger partial charge on any atom is 0.475 e. The van der Waals surface area contributed by atoms with Gasteiger partial charge in [-0.2, -0.15) is 43.6 Å². The second kappa shape index (κ2) is 11.2. The summed E-state index contributed by atoms with van der Waals surface area (Å²) in [7, 11) is 0. The van der Waals surface area contributed by atoms with E-state index in [1.54, 1.807) is 4.89 Å². The van der Waals surface area contributed by atoms with Crippen LogP contribution in [-0.4, -0.2) is 30.3 Å². The van der Waals surface area contributed by atoms with Crippen molar-refractivity contribution in [1.29, 1.82) is 0 Å². The van der Waals surface area contributed by atoms with Crippen molar-refractivity contribution in [3.63, 3.8) is 0 Å². The summed E-state index contributed by atoms with van der Waals surface area (Å²) in [4.78, 5) is -7.78. The van der Waals surface area contributed by atoms with Crippen molar-refractivity contribution < 1.29 is 61.5 Å². The van der Waals surface area contributed by atoms with Crippen LogP contribution in [-0.2, 0) is 26.6 Å². The zero-order valence-corrected chi connectivity index (χ0v) is 21.0. The average molecular weight is 687 g/mol. The van der Waals surface area contributed by atoms with Crippen molar-refractivity contribution in [1.82, 2.24) is 4.89 Å². The fourth-order valence-electron chi connectivity index (χ4n) is 1.80. The standard InChI is InChI=1S/C16H9Br2F8NO6S2/c17-13(19,20)15(23,24)30-9-1-3-11(4-2-9)32-35(29)27-33-34(28)12-7-5-10(6-8-12)31-16(25,26)14(18,21)22/h1-8,27H. The summed E-state index contributed by atoms with van der Waals surface area (Å²) in [5.74, 6) is -1.61. The van der Waals surface area contributed by atoms with Gasteiger partial charge in [0.25, 0.3) is 0 Å². The molecule has 0 fully saturated rings. The molecular weight excluding hydrogens is 678 g/mol. The summed E-state index contributed by atoms with van der Waals surface area (Å²) in [5, 5.41) is 0. The maximum absolute atomic E-state index is 13.2. The molecule has 0 heterocycles. The second-order valence-electron chi connectivity index (χ2n) is 5.90. The number of hydrogen-bond acceptors (Lipinski definition) is 6. The van der Waals surface area contributed by atoms with E-state index in [0.29, 0.717) is 0 Å². The molecule has 0 amide bonds. The first kappa shape index (κ1) is 29.7. The molecule has 0 saturated carbocycles. The molecule has 0 saturated heterocycles. The largest absolute Gasteiger partial charge is 0.475 e. The monoisotopic (exact) mass is 685 g/mol. The van der Waals surface area contributed by atoms with E-state index in [1.165, 1.54) is 31.9 Å². The van der Waals surface area contributed by atoms with Crippen LogP contribution in [0.25, 0.3) is 0 Å². The maximum atomic E-state index is 13.2. The second-order valence-corrected chi connectivity index (χ2v) is 9.80. The van der Waals surface area contributed by atoms with Crippen molar-refractivity contribution >= 4 is 54.2 Å². The molecule has 2 unspecified atom stereocenters. The Kier molecular flexibility index (Phi) is 9.54. The molecule has 0 radical (unpaired) electrons. The van der Waals surface area contributed by atoms with Crippen LogP contribution < -0.4 is 18.5 Å². The van der Waals surface area contributed by atoms with Crippen molar-refractivity contribution in [3.05, 3.63) is 48.5 Å². The molecular formula is C16H9Br2F8NO6S2. The Morgan fingerprint density at radius 1 is 0.657 bits per heavy atom. The Labute approximate surface area is 212 Å². The number of nitrogens with one attached hydrogen (secondary N) is 1. The first-order valence-electron chi connectivity index (χ1n) is 8.33. The van der Waals surface area contributed by atoms with Crippen molar-refractivity contribution in [2.75, 3.05) is 0 Å². The number of halogens is 10. The minimum atomic E-state index is -4.88. The van der Waals surface area contributed by atoms with E-state index in [-0.39, 0.29) is 10.6 Å². The Morgan fingerprint density at radius 3 is 1.43 bits per heavy atom. The van der Waals surface area contributed by atoms with Crippen LogP contribution in [0.15, 0.2) is 53.4 Å². The van der Waals surface area contributed by atoms with Gasteiger partial charge in [-0.3, -0.25) is 0 Å². The highest BCUT2D eigenvalue weighted by molar-refractivity contribution is 9.10. The SMILES string of the molecule is O=S(NOS(=O)c1ccc(OC(F)(F)C(F)(F)Br)cc1)Oc1ccc(OC(F)(F)C(F)(F)Br)cc1. The van der Waals surface area contributed by atoms with E-state index >= 15 is 0 Å². The summed E-state index contributed by atoms with van der Waals surface area (Å²) in [6.07, 6.45) is -9.76. The highest BCUT2D eigenvalue weighted by atomic mass is 79.9. The number of alkyl halides is 10. The molecule has 196 valence electrons.